The zero-order chi connectivity index (χ0) is 20.5. The highest BCUT2D eigenvalue weighted by molar-refractivity contribution is 6.30. The van der Waals surface area contributed by atoms with Crippen molar-refractivity contribution < 1.29 is 14.3 Å². The number of aryl methyl sites for hydroxylation is 1. The third-order valence-corrected chi connectivity index (χ3v) is 4.56. The highest BCUT2D eigenvalue weighted by atomic mass is 35.5. The van der Waals surface area contributed by atoms with E-state index in [4.69, 9.17) is 27.9 Å². The van der Waals surface area contributed by atoms with E-state index in [9.17, 15) is 9.59 Å². The van der Waals surface area contributed by atoms with Crippen molar-refractivity contribution in [2.75, 3.05) is 13.2 Å². The molecule has 150 valence electrons. The summed E-state index contributed by atoms with van der Waals surface area (Å²) in [6.45, 7) is 4.33. The topological polar surface area (TPSA) is 67.4 Å². The lowest BCUT2D eigenvalue weighted by atomic mass is 10.0. The van der Waals surface area contributed by atoms with Crippen LogP contribution in [0.3, 0.4) is 0 Å². The summed E-state index contributed by atoms with van der Waals surface area (Å²) in [5.74, 6) is 0.444. The molecule has 28 heavy (non-hydrogen) atoms. The molecular formula is C21H24Cl2N2O3. The smallest absolute Gasteiger partial charge is 0.222 e. The van der Waals surface area contributed by atoms with E-state index in [-0.39, 0.29) is 18.2 Å². The van der Waals surface area contributed by atoms with Crippen LogP contribution in [0.15, 0.2) is 42.5 Å². The van der Waals surface area contributed by atoms with Gasteiger partial charge in [-0.3, -0.25) is 9.59 Å². The summed E-state index contributed by atoms with van der Waals surface area (Å²) in [5.41, 5.74) is 1.80. The fraction of sp³-hybridized carbons (Fsp3) is 0.333. The Morgan fingerprint density at radius 1 is 1.07 bits per heavy atom. The van der Waals surface area contributed by atoms with Gasteiger partial charge in [-0.1, -0.05) is 35.3 Å². The Morgan fingerprint density at radius 2 is 1.75 bits per heavy atom. The molecule has 0 bridgehead atoms. The summed E-state index contributed by atoms with van der Waals surface area (Å²) in [6.07, 6.45) is 0.817. The standard InChI is InChI=1S/C21H24Cl2N2O3/c1-14-12-18(23)8-9-20(14)28-11-3-10-24-21(27)13-19(25-15(2)26)16-4-6-17(22)7-5-16/h4-9,12,19H,3,10-11,13H2,1-2H3,(H,24,27)(H,25,26). The summed E-state index contributed by atoms with van der Waals surface area (Å²) in [7, 11) is 0. The lowest BCUT2D eigenvalue weighted by molar-refractivity contribution is -0.122. The number of hydrogen-bond donors (Lipinski definition) is 2. The maximum Gasteiger partial charge on any atom is 0.222 e. The summed E-state index contributed by atoms with van der Waals surface area (Å²) in [5, 5.41) is 6.94. The van der Waals surface area contributed by atoms with Crippen LogP contribution >= 0.6 is 23.2 Å². The van der Waals surface area contributed by atoms with Crippen LogP contribution in [0.5, 0.6) is 5.75 Å². The van der Waals surface area contributed by atoms with Crippen LogP contribution in [0.4, 0.5) is 0 Å². The molecule has 1 unspecified atom stereocenters. The molecule has 0 heterocycles. The maximum atomic E-state index is 12.3. The van der Waals surface area contributed by atoms with Crippen LogP contribution in [-0.4, -0.2) is 25.0 Å². The van der Waals surface area contributed by atoms with Crippen molar-refractivity contribution in [3.05, 3.63) is 63.6 Å². The average Bonchev–Trinajstić information content (AvgIpc) is 2.63. The summed E-state index contributed by atoms with van der Waals surface area (Å²) < 4.78 is 5.71. The van der Waals surface area contributed by atoms with Gasteiger partial charge in [0.15, 0.2) is 0 Å². The van der Waals surface area contributed by atoms with Gasteiger partial charge in [-0.25, -0.2) is 0 Å². The van der Waals surface area contributed by atoms with Crippen LogP contribution in [-0.2, 0) is 9.59 Å². The molecule has 0 fully saturated rings. The second-order valence-corrected chi connectivity index (χ2v) is 7.34. The SMILES string of the molecule is CC(=O)NC(CC(=O)NCCCOc1ccc(Cl)cc1C)c1ccc(Cl)cc1. The first kappa shape index (κ1) is 22.1. The Labute approximate surface area is 175 Å². The van der Waals surface area contributed by atoms with E-state index in [0.29, 0.717) is 29.6 Å². The molecule has 5 nitrogen and oxygen atoms in total. The molecule has 7 heteroatoms. The van der Waals surface area contributed by atoms with E-state index in [0.717, 1.165) is 16.9 Å². The molecule has 2 N–H and O–H groups in total. The van der Waals surface area contributed by atoms with E-state index in [2.05, 4.69) is 10.6 Å². The van der Waals surface area contributed by atoms with Gasteiger partial charge in [0, 0.05) is 23.5 Å². The molecule has 0 spiro atoms. The monoisotopic (exact) mass is 422 g/mol. The number of nitrogens with one attached hydrogen (secondary N) is 2. The highest BCUT2D eigenvalue weighted by Gasteiger charge is 2.17. The van der Waals surface area contributed by atoms with Crippen molar-refractivity contribution in [3.8, 4) is 5.75 Å². The first-order valence-corrected chi connectivity index (χ1v) is 9.79. The minimum absolute atomic E-state index is 0.142. The van der Waals surface area contributed by atoms with Crippen molar-refractivity contribution >= 4 is 35.0 Å². The number of carbonyl (C=O) groups is 2. The van der Waals surface area contributed by atoms with Crippen LogP contribution in [0.25, 0.3) is 0 Å². The fourth-order valence-electron chi connectivity index (χ4n) is 2.71. The van der Waals surface area contributed by atoms with Crippen molar-refractivity contribution in [3.63, 3.8) is 0 Å². The third-order valence-electron chi connectivity index (χ3n) is 4.08. The van der Waals surface area contributed by atoms with E-state index in [1.165, 1.54) is 6.92 Å². The maximum absolute atomic E-state index is 12.3. The number of rotatable bonds is 9. The summed E-state index contributed by atoms with van der Waals surface area (Å²) in [4.78, 5) is 23.7. The number of halogens is 2. The van der Waals surface area contributed by atoms with Gasteiger partial charge in [-0.15, -0.1) is 0 Å². The molecule has 0 radical (unpaired) electrons. The number of amides is 2. The van der Waals surface area contributed by atoms with E-state index in [1.54, 1.807) is 30.3 Å². The number of ether oxygens (including phenoxy) is 1. The Bertz CT molecular complexity index is 810. The quantitative estimate of drug-likeness (QED) is 0.586. The van der Waals surface area contributed by atoms with E-state index >= 15 is 0 Å². The minimum atomic E-state index is -0.400. The van der Waals surface area contributed by atoms with Crippen LogP contribution in [0.1, 0.15) is 36.9 Å². The largest absolute Gasteiger partial charge is 0.493 e. The zero-order valence-electron chi connectivity index (χ0n) is 15.9. The first-order valence-electron chi connectivity index (χ1n) is 9.03. The third kappa shape index (κ3) is 7.41. The van der Waals surface area contributed by atoms with Gasteiger partial charge in [-0.2, -0.15) is 0 Å². The number of hydrogen-bond acceptors (Lipinski definition) is 3. The van der Waals surface area contributed by atoms with Crippen LogP contribution < -0.4 is 15.4 Å². The molecule has 0 aliphatic rings. The fourth-order valence-corrected chi connectivity index (χ4v) is 3.06. The predicted octanol–water partition coefficient (Wildman–Crippen LogP) is 4.45. The second kappa shape index (κ2) is 10.9. The predicted molar refractivity (Wildman–Crippen MR) is 112 cm³/mol. The molecule has 0 saturated heterocycles. The molecule has 2 amide bonds. The normalized spacial score (nSPS) is 11.6. The zero-order valence-corrected chi connectivity index (χ0v) is 17.4. The molecule has 0 aliphatic heterocycles. The van der Waals surface area contributed by atoms with E-state index in [1.807, 2.05) is 19.1 Å². The molecule has 0 aromatic heterocycles. The van der Waals surface area contributed by atoms with Gasteiger partial charge in [0.2, 0.25) is 11.8 Å². The van der Waals surface area contributed by atoms with Crippen LogP contribution in [0, 0.1) is 6.92 Å². The average molecular weight is 423 g/mol. The van der Waals surface area contributed by atoms with Crippen molar-refractivity contribution in [2.45, 2.75) is 32.7 Å². The Kier molecular flexibility index (Phi) is 8.61. The first-order chi connectivity index (χ1) is 13.3. The number of benzene rings is 2. The van der Waals surface area contributed by atoms with Crippen molar-refractivity contribution in [1.29, 1.82) is 0 Å². The molecule has 0 aliphatic carbocycles. The highest BCUT2D eigenvalue weighted by Crippen LogP contribution is 2.22. The second-order valence-electron chi connectivity index (χ2n) is 6.47. The molecule has 1 atom stereocenters. The lowest BCUT2D eigenvalue weighted by Crippen LogP contribution is -2.33. The summed E-state index contributed by atoms with van der Waals surface area (Å²) in [6, 6.07) is 12.1. The summed E-state index contributed by atoms with van der Waals surface area (Å²) >= 11 is 11.8. The lowest BCUT2D eigenvalue weighted by Gasteiger charge is -2.18. The number of carbonyl (C=O) groups excluding carboxylic acids is 2. The molecular weight excluding hydrogens is 399 g/mol. The van der Waals surface area contributed by atoms with Gasteiger partial charge < -0.3 is 15.4 Å². The molecule has 2 rings (SSSR count). The van der Waals surface area contributed by atoms with Gasteiger partial charge in [0.25, 0.3) is 0 Å². The Balaban J connectivity index is 1.77. The molecule has 0 saturated carbocycles. The van der Waals surface area contributed by atoms with Crippen LogP contribution in [0.2, 0.25) is 10.0 Å². The van der Waals surface area contributed by atoms with E-state index < -0.39 is 6.04 Å². The van der Waals surface area contributed by atoms with Crippen molar-refractivity contribution in [2.24, 2.45) is 0 Å². The molecule has 2 aromatic carbocycles. The van der Waals surface area contributed by atoms with Gasteiger partial charge in [0.1, 0.15) is 5.75 Å². The van der Waals surface area contributed by atoms with Gasteiger partial charge >= 0.3 is 0 Å². The van der Waals surface area contributed by atoms with Crippen molar-refractivity contribution in [1.82, 2.24) is 10.6 Å². The Hall–Kier alpha value is -2.24. The van der Waals surface area contributed by atoms with Gasteiger partial charge in [-0.05, 0) is 54.8 Å². The van der Waals surface area contributed by atoms with Gasteiger partial charge in [0.05, 0.1) is 19.1 Å². The Morgan fingerprint density at radius 3 is 2.39 bits per heavy atom. The minimum Gasteiger partial charge on any atom is -0.493 e. The molecule has 2 aromatic rings.